The standard InChI is InChI=1S/C12H21N3OS/c1-8(2)9(3)17-12-6-10(13-4)14-11(15-12)7-16-5/h6,8-9H,7H2,1-5H3,(H,13,14,15). The molecule has 96 valence electrons. The average molecular weight is 255 g/mol. The lowest BCUT2D eigenvalue weighted by Crippen LogP contribution is -2.08. The number of anilines is 1. The molecule has 1 atom stereocenters. The van der Waals surface area contributed by atoms with E-state index in [9.17, 15) is 0 Å². The fraction of sp³-hybridized carbons (Fsp3) is 0.667. The van der Waals surface area contributed by atoms with Gasteiger partial charge in [0.2, 0.25) is 0 Å². The summed E-state index contributed by atoms with van der Waals surface area (Å²) >= 11 is 1.77. The van der Waals surface area contributed by atoms with E-state index in [0.717, 1.165) is 16.7 Å². The molecule has 0 bridgehead atoms. The monoisotopic (exact) mass is 255 g/mol. The van der Waals surface area contributed by atoms with Crippen molar-refractivity contribution in [2.45, 2.75) is 37.7 Å². The Labute approximate surface area is 108 Å². The maximum absolute atomic E-state index is 5.07. The lowest BCUT2D eigenvalue weighted by molar-refractivity contribution is 0.177. The predicted octanol–water partition coefficient (Wildman–Crippen LogP) is 2.80. The van der Waals surface area contributed by atoms with E-state index in [-0.39, 0.29) is 0 Å². The number of rotatable bonds is 6. The minimum Gasteiger partial charge on any atom is -0.377 e. The van der Waals surface area contributed by atoms with E-state index in [0.29, 0.717) is 17.8 Å². The second-order valence-electron chi connectivity index (χ2n) is 4.26. The molecule has 0 aliphatic carbocycles. The number of hydrogen-bond acceptors (Lipinski definition) is 5. The number of methoxy groups -OCH3 is 1. The Morgan fingerprint density at radius 2 is 2.06 bits per heavy atom. The molecule has 4 nitrogen and oxygen atoms in total. The quantitative estimate of drug-likeness (QED) is 0.625. The van der Waals surface area contributed by atoms with Gasteiger partial charge in [-0.3, -0.25) is 0 Å². The summed E-state index contributed by atoms with van der Waals surface area (Å²) in [5, 5.41) is 4.58. The molecular formula is C12H21N3OS. The number of thioether (sulfide) groups is 1. The van der Waals surface area contributed by atoms with E-state index in [2.05, 4.69) is 36.1 Å². The highest BCUT2D eigenvalue weighted by atomic mass is 32.2. The second-order valence-corrected chi connectivity index (χ2v) is 5.66. The summed E-state index contributed by atoms with van der Waals surface area (Å²) in [6.45, 7) is 7.09. The smallest absolute Gasteiger partial charge is 0.157 e. The normalized spacial score (nSPS) is 12.8. The lowest BCUT2D eigenvalue weighted by Gasteiger charge is -2.15. The van der Waals surface area contributed by atoms with Crippen LogP contribution < -0.4 is 5.32 Å². The van der Waals surface area contributed by atoms with Gasteiger partial charge in [-0.1, -0.05) is 20.8 Å². The van der Waals surface area contributed by atoms with Gasteiger partial charge in [0, 0.05) is 25.5 Å². The van der Waals surface area contributed by atoms with Crippen LogP contribution in [0.2, 0.25) is 0 Å². The molecule has 0 saturated carbocycles. The molecule has 0 radical (unpaired) electrons. The molecule has 0 saturated heterocycles. The number of ether oxygens (including phenoxy) is 1. The van der Waals surface area contributed by atoms with Crippen molar-refractivity contribution in [3.63, 3.8) is 0 Å². The van der Waals surface area contributed by atoms with Gasteiger partial charge in [0.1, 0.15) is 17.5 Å². The van der Waals surface area contributed by atoms with E-state index in [1.54, 1.807) is 18.9 Å². The van der Waals surface area contributed by atoms with Crippen LogP contribution in [0.1, 0.15) is 26.6 Å². The highest BCUT2D eigenvalue weighted by Crippen LogP contribution is 2.27. The summed E-state index contributed by atoms with van der Waals surface area (Å²) in [7, 11) is 3.51. The molecule has 0 aliphatic heterocycles. The third-order valence-electron chi connectivity index (χ3n) is 2.52. The Balaban J connectivity index is 2.86. The van der Waals surface area contributed by atoms with Gasteiger partial charge in [0.25, 0.3) is 0 Å². The molecule has 1 N–H and O–H groups in total. The van der Waals surface area contributed by atoms with Gasteiger partial charge in [-0.25, -0.2) is 9.97 Å². The van der Waals surface area contributed by atoms with Gasteiger partial charge in [0.15, 0.2) is 5.82 Å². The van der Waals surface area contributed by atoms with Crippen molar-refractivity contribution < 1.29 is 4.74 Å². The molecule has 0 fully saturated rings. The first kappa shape index (κ1) is 14.3. The highest BCUT2D eigenvalue weighted by molar-refractivity contribution is 7.99. The molecule has 0 amide bonds. The molecule has 0 aromatic carbocycles. The van der Waals surface area contributed by atoms with Crippen molar-refractivity contribution in [1.82, 2.24) is 9.97 Å². The molecule has 0 aliphatic rings. The number of nitrogens with zero attached hydrogens (tertiary/aromatic N) is 2. The van der Waals surface area contributed by atoms with Crippen LogP contribution in [0.15, 0.2) is 11.1 Å². The molecule has 5 heteroatoms. The van der Waals surface area contributed by atoms with Crippen LogP contribution in [0.5, 0.6) is 0 Å². The Kier molecular flexibility index (Phi) is 5.71. The van der Waals surface area contributed by atoms with Crippen molar-refractivity contribution in [3.8, 4) is 0 Å². The largest absolute Gasteiger partial charge is 0.377 e. The van der Waals surface area contributed by atoms with Gasteiger partial charge >= 0.3 is 0 Å². The summed E-state index contributed by atoms with van der Waals surface area (Å²) in [6.07, 6.45) is 0. The zero-order valence-corrected chi connectivity index (χ0v) is 12.0. The zero-order valence-electron chi connectivity index (χ0n) is 11.2. The van der Waals surface area contributed by atoms with E-state index in [1.165, 1.54) is 0 Å². The van der Waals surface area contributed by atoms with Gasteiger partial charge in [-0.05, 0) is 5.92 Å². The predicted molar refractivity (Wildman–Crippen MR) is 72.4 cm³/mol. The van der Waals surface area contributed by atoms with Gasteiger partial charge in [-0.15, -0.1) is 11.8 Å². The van der Waals surface area contributed by atoms with Crippen molar-refractivity contribution in [3.05, 3.63) is 11.9 Å². The number of aromatic nitrogens is 2. The van der Waals surface area contributed by atoms with Crippen LogP contribution in [0.4, 0.5) is 5.82 Å². The zero-order chi connectivity index (χ0) is 12.8. The Morgan fingerprint density at radius 3 is 2.59 bits per heavy atom. The number of nitrogens with one attached hydrogen (secondary N) is 1. The first-order valence-corrected chi connectivity index (χ1v) is 6.66. The molecule has 1 rings (SSSR count). The highest BCUT2D eigenvalue weighted by Gasteiger charge is 2.11. The van der Waals surface area contributed by atoms with Gasteiger partial charge in [0.05, 0.1) is 0 Å². The summed E-state index contributed by atoms with van der Waals surface area (Å²) in [6, 6.07) is 1.97. The minimum atomic E-state index is 0.444. The Hall–Kier alpha value is -0.810. The van der Waals surface area contributed by atoms with Crippen LogP contribution in [0.25, 0.3) is 0 Å². The molecule has 0 spiro atoms. The minimum absolute atomic E-state index is 0.444. The number of hydrogen-bond donors (Lipinski definition) is 1. The van der Waals surface area contributed by atoms with Gasteiger partial charge < -0.3 is 10.1 Å². The van der Waals surface area contributed by atoms with Crippen LogP contribution in [-0.4, -0.2) is 29.4 Å². The molecule has 1 heterocycles. The molecule has 1 unspecified atom stereocenters. The fourth-order valence-corrected chi connectivity index (χ4v) is 2.17. The lowest BCUT2D eigenvalue weighted by atomic mass is 10.2. The van der Waals surface area contributed by atoms with Crippen molar-refractivity contribution in [2.24, 2.45) is 5.92 Å². The molecular weight excluding hydrogens is 234 g/mol. The average Bonchev–Trinajstić information content (AvgIpc) is 2.28. The molecule has 1 aromatic rings. The Bertz CT molecular complexity index is 358. The van der Waals surface area contributed by atoms with E-state index in [4.69, 9.17) is 4.74 Å². The van der Waals surface area contributed by atoms with E-state index in [1.807, 2.05) is 13.1 Å². The summed E-state index contributed by atoms with van der Waals surface area (Å²) in [5.74, 6) is 2.18. The third kappa shape index (κ3) is 4.52. The summed E-state index contributed by atoms with van der Waals surface area (Å²) < 4.78 is 5.07. The van der Waals surface area contributed by atoms with E-state index >= 15 is 0 Å². The maximum atomic E-state index is 5.07. The van der Waals surface area contributed by atoms with E-state index < -0.39 is 0 Å². The Morgan fingerprint density at radius 1 is 1.35 bits per heavy atom. The van der Waals surface area contributed by atoms with Gasteiger partial charge in [-0.2, -0.15) is 0 Å². The maximum Gasteiger partial charge on any atom is 0.157 e. The van der Waals surface area contributed by atoms with Crippen LogP contribution in [0.3, 0.4) is 0 Å². The first-order valence-electron chi connectivity index (χ1n) is 5.78. The van der Waals surface area contributed by atoms with Crippen LogP contribution in [-0.2, 0) is 11.3 Å². The summed E-state index contributed by atoms with van der Waals surface area (Å²) in [5.41, 5.74) is 0. The molecule has 1 aromatic heterocycles. The third-order valence-corrected chi connectivity index (χ3v) is 3.89. The topological polar surface area (TPSA) is 47.0 Å². The fourth-order valence-electron chi connectivity index (χ4n) is 1.18. The van der Waals surface area contributed by atoms with Crippen LogP contribution >= 0.6 is 11.8 Å². The molecule has 17 heavy (non-hydrogen) atoms. The SMILES string of the molecule is CNc1cc(SC(C)C(C)C)nc(COC)n1. The first-order chi connectivity index (χ1) is 8.06. The van der Waals surface area contributed by atoms with Crippen molar-refractivity contribution in [2.75, 3.05) is 19.5 Å². The van der Waals surface area contributed by atoms with Crippen molar-refractivity contribution in [1.29, 1.82) is 0 Å². The summed E-state index contributed by atoms with van der Waals surface area (Å²) in [4.78, 5) is 8.81. The van der Waals surface area contributed by atoms with Crippen LogP contribution in [0, 0.1) is 5.92 Å². The van der Waals surface area contributed by atoms with Crippen molar-refractivity contribution >= 4 is 17.6 Å². The second kappa shape index (κ2) is 6.81.